The molecule has 0 radical (unpaired) electrons. The Hall–Kier alpha value is -2.67. The van der Waals surface area contributed by atoms with Crippen LogP contribution in [0.3, 0.4) is 0 Å². The number of nitrogens with zero attached hydrogens (tertiary/aromatic N) is 2. The number of aryl methyl sites for hydroxylation is 1. The highest BCUT2D eigenvalue weighted by Gasteiger charge is 2.10. The van der Waals surface area contributed by atoms with Gasteiger partial charge in [-0.25, -0.2) is 0 Å². The Morgan fingerprint density at radius 2 is 1.88 bits per heavy atom. The Balaban J connectivity index is 1.47. The Morgan fingerprint density at radius 1 is 1.15 bits per heavy atom. The number of hydrogen-bond donors (Lipinski definition) is 1. The molecule has 1 aromatic heterocycles. The Morgan fingerprint density at radius 3 is 2.58 bits per heavy atom. The van der Waals surface area contributed by atoms with Gasteiger partial charge in [-0.15, -0.1) is 0 Å². The monoisotopic (exact) mass is 415 g/mol. The van der Waals surface area contributed by atoms with Gasteiger partial charge in [-0.3, -0.25) is 4.79 Å². The number of methoxy groups -OCH3 is 1. The van der Waals surface area contributed by atoms with Crippen molar-refractivity contribution in [2.75, 3.05) is 7.11 Å². The van der Waals surface area contributed by atoms with E-state index in [4.69, 9.17) is 9.26 Å². The van der Waals surface area contributed by atoms with Crippen LogP contribution < -0.4 is 10.1 Å². The van der Waals surface area contributed by atoms with Gasteiger partial charge in [0.15, 0.2) is 0 Å². The summed E-state index contributed by atoms with van der Waals surface area (Å²) in [6.45, 7) is 0.469. The van der Waals surface area contributed by atoms with Gasteiger partial charge in [0.2, 0.25) is 17.6 Å². The van der Waals surface area contributed by atoms with Crippen molar-refractivity contribution in [3.05, 3.63) is 64.5 Å². The van der Waals surface area contributed by atoms with Crippen molar-refractivity contribution in [3.63, 3.8) is 0 Å². The van der Waals surface area contributed by atoms with Crippen molar-refractivity contribution in [2.24, 2.45) is 0 Å². The van der Waals surface area contributed by atoms with Crippen LogP contribution in [0.5, 0.6) is 5.75 Å². The van der Waals surface area contributed by atoms with Crippen LogP contribution in [0, 0.1) is 0 Å². The molecule has 0 aliphatic carbocycles. The van der Waals surface area contributed by atoms with Gasteiger partial charge < -0.3 is 14.6 Å². The summed E-state index contributed by atoms with van der Waals surface area (Å²) in [4.78, 5) is 16.3. The second kappa shape index (κ2) is 8.62. The molecule has 3 aromatic rings. The zero-order valence-corrected chi connectivity index (χ0v) is 15.8. The van der Waals surface area contributed by atoms with Crippen LogP contribution in [0.1, 0.15) is 17.9 Å². The molecule has 3 rings (SSSR count). The maximum atomic E-state index is 12.0. The minimum atomic E-state index is -0.0655. The van der Waals surface area contributed by atoms with Crippen LogP contribution in [-0.4, -0.2) is 23.2 Å². The summed E-state index contributed by atoms with van der Waals surface area (Å²) >= 11 is 3.39. The molecule has 134 valence electrons. The number of carbonyl (C=O) groups excluding carboxylic acids is 1. The largest absolute Gasteiger partial charge is 0.497 e. The smallest absolute Gasteiger partial charge is 0.227 e. The lowest BCUT2D eigenvalue weighted by molar-refractivity contribution is -0.121. The van der Waals surface area contributed by atoms with Gasteiger partial charge in [0.25, 0.3) is 0 Å². The van der Waals surface area contributed by atoms with Crippen molar-refractivity contribution >= 4 is 21.8 Å². The highest BCUT2D eigenvalue weighted by atomic mass is 79.9. The molecular formula is C19H18BrN3O3. The van der Waals surface area contributed by atoms with Gasteiger partial charge in [-0.2, -0.15) is 4.98 Å². The summed E-state index contributed by atoms with van der Waals surface area (Å²) in [6.07, 6.45) is 0.691. The third-order valence-electron chi connectivity index (χ3n) is 3.79. The summed E-state index contributed by atoms with van der Waals surface area (Å²) in [5, 5.41) is 6.84. The average Bonchev–Trinajstić information content (AvgIpc) is 3.14. The molecule has 7 heteroatoms. The molecule has 6 nitrogen and oxygen atoms in total. The molecule has 0 spiro atoms. The molecule has 1 heterocycles. The number of ether oxygens (including phenoxy) is 1. The lowest BCUT2D eigenvalue weighted by Crippen LogP contribution is -2.23. The molecule has 0 unspecified atom stereocenters. The Labute approximate surface area is 159 Å². The lowest BCUT2D eigenvalue weighted by atomic mass is 10.2. The van der Waals surface area contributed by atoms with E-state index >= 15 is 0 Å². The van der Waals surface area contributed by atoms with Gasteiger partial charge in [-0.1, -0.05) is 33.2 Å². The lowest BCUT2D eigenvalue weighted by Gasteiger charge is -2.05. The molecule has 26 heavy (non-hydrogen) atoms. The highest BCUT2D eigenvalue weighted by Crippen LogP contribution is 2.19. The quantitative estimate of drug-likeness (QED) is 0.635. The molecule has 0 aliphatic heterocycles. The van der Waals surface area contributed by atoms with Crippen molar-refractivity contribution < 1.29 is 14.1 Å². The zero-order chi connectivity index (χ0) is 18.4. The fourth-order valence-electron chi connectivity index (χ4n) is 2.33. The first-order chi connectivity index (χ1) is 12.6. The normalized spacial score (nSPS) is 10.5. The molecule has 0 saturated heterocycles. The number of benzene rings is 2. The van der Waals surface area contributed by atoms with Crippen LogP contribution in [0.15, 0.2) is 57.5 Å². The van der Waals surface area contributed by atoms with E-state index in [-0.39, 0.29) is 12.3 Å². The van der Waals surface area contributed by atoms with E-state index < -0.39 is 0 Å². The van der Waals surface area contributed by atoms with E-state index in [1.807, 2.05) is 48.5 Å². The van der Waals surface area contributed by atoms with Crippen LogP contribution >= 0.6 is 15.9 Å². The maximum Gasteiger partial charge on any atom is 0.227 e. The molecule has 0 bridgehead atoms. The summed E-state index contributed by atoms with van der Waals surface area (Å²) in [5.74, 6) is 1.69. The second-order valence-electron chi connectivity index (χ2n) is 5.64. The molecule has 0 saturated carbocycles. The number of rotatable bonds is 7. The van der Waals surface area contributed by atoms with Crippen LogP contribution in [0.2, 0.25) is 0 Å². The average molecular weight is 416 g/mol. The van der Waals surface area contributed by atoms with Gasteiger partial charge in [0.1, 0.15) is 5.75 Å². The van der Waals surface area contributed by atoms with E-state index in [9.17, 15) is 4.79 Å². The summed E-state index contributed by atoms with van der Waals surface area (Å²) in [7, 11) is 1.62. The Kier molecular flexibility index (Phi) is 6.01. The number of halogens is 1. The first-order valence-electron chi connectivity index (χ1n) is 8.12. The molecule has 0 fully saturated rings. The number of carbonyl (C=O) groups is 1. The summed E-state index contributed by atoms with van der Waals surface area (Å²) < 4.78 is 11.3. The number of nitrogens with one attached hydrogen (secondary N) is 1. The van der Waals surface area contributed by atoms with Crippen LogP contribution in [0.4, 0.5) is 0 Å². The van der Waals surface area contributed by atoms with Crippen molar-refractivity contribution in [1.82, 2.24) is 15.5 Å². The first kappa shape index (κ1) is 18.1. The van der Waals surface area contributed by atoms with E-state index in [1.165, 1.54) is 0 Å². The van der Waals surface area contributed by atoms with E-state index in [0.717, 1.165) is 21.3 Å². The van der Waals surface area contributed by atoms with Crippen LogP contribution in [-0.2, 0) is 17.8 Å². The van der Waals surface area contributed by atoms with Gasteiger partial charge in [0, 0.05) is 29.4 Å². The first-order valence-corrected chi connectivity index (χ1v) is 8.91. The SMILES string of the molecule is COc1ccc(CNC(=O)CCc2nc(-c3ccc(Br)cc3)no2)cc1. The Bertz CT molecular complexity index is 860. The molecular weight excluding hydrogens is 398 g/mol. The summed E-state index contributed by atoms with van der Waals surface area (Å²) in [6, 6.07) is 15.2. The molecule has 0 atom stereocenters. The van der Waals surface area contributed by atoms with Crippen molar-refractivity contribution in [2.45, 2.75) is 19.4 Å². The van der Waals surface area contributed by atoms with Crippen molar-refractivity contribution in [3.8, 4) is 17.1 Å². The third kappa shape index (κ3) is 4.92. The topological polar surface area (TPSA) is 77.2 Å². The van der Waals surface area contributed by atoms with Crippen LogP contribution in [0.25, 0.3) is 11.4 Å². The highest BCUT2D eigenvalue weighted by molar-refractivity contribution is 9.10. The molecule has 0 aliphatic rings. The maximum absolute atomic E-state index is 12.0. The van der Waals surface area contributed by atoms with Gasteiger partial charge >= 0.3 is 0 Å². The van der Waals surface area contributed by atoms with E-state index in [2.05, 4.69) is 31.4 Å². The predicted molar refractivity (Wildman–Crippen MR) is 101 cm³/mol. The fraction of sp³-hybridized carbons (Fsp3) is 0.211. The van der Waals surface area contributed by atoms with Crippen molar-refractivity contribution in [1.29, 1.82) is 0 Å². The van der Waals surface area contributed by atoms with Gasteiger partial charge in [-0.05, 0) is 42.0 Å². The number of hydrogen-bond acceptors (Lipinski definition) is 5. The molecule has 1 amide bonds. The standard InChI is InChI=1S/C19H18BrN3O3/c1-25-16-8-2-13(3-9-16)12-21-17(24)10-11-18-22-19(23-26-18)14-4-6-15(20)7-5-14/h2-9H,10-12H2,1H3,(H,21,24). The minimum absolute atomic E-state index is 0.0655. The number of aromatic nitrogens is 2. The van der Waals surface area contributed by atoms with Gasteiger partial charge in [0.05, 0.1) is 7.11 Å². The third-order valence-corrected chi connectivity index (χ3v) is 4.31. The zero-order valence-electron chi connectivity index (χ0n) is 14.2. The second-order valence-corrected chi connectivity index (χ2v) is 6.56. The number of amides is 1. The predicted octanol–water partition coefficient (Wildman–Crippen LogP) is 3.76. The molecule has 2 aromatic carbocycles. The van der Waals surface area contributed by atoms with E-state index in [1.54, 1.807) is 7.11 Å². The minimum Gasteiger partial charge on any atom is -0.497 e. The van der Waals surface area contributed by atoms with E-state index in [0.29, 0.717) is 24.7 Å². The fourth-order valence-corrected chi connectivity index (χ4v) is 2.59. The molecule has 1 N–H and O–H groups in total. The summed E-state index contributed by atoms with van der Waals surface area (Å²) in [5.41, 5.74) is 1.88.